The molecule has 132 valence electrons. The summed E-state index contributed by atoms with van der Waals surface area (Å²) in [5.41, 5.74) is 9.73. The summed E-state index contributed by atoms with van der Waals surface area (Å²) < 4.78 is 0. The zero-order valence-electron chi connectivity index (χ0n) is 14.5. The number of benzene rings is 2. The molecule has 1 fully saturated rings. The summed E-state index contributed by atoms with van der Waals surface area (Å²) >= 11 is 0. The molecule has 0 aromatic heterocycles. The number of aromatic carboxylic acids is 1. The summed E-state index contributed by atoms with van der Waals surface area (Å²) in [4.78, 5) is 13.6. The van der Waals surface area contributed by atoms with Crippen molar-refractivity contribution < 1.29 is 9.90 Å². The largest absolute Gasteiger partial charge is 0.478 e. The predicted molar refractivity (Wildman–Crippen MR) is 99.7 cm³/mol. The molecular formula is C21H26N2O2. The van der Waals surface area contributed by atoms with Gasteiger partial charge in [0.15, 0.2) is 0 Å². The Bertz CT molecular complexity index is 712. The second-order valence-electron chi connectivity index (χ2n) is 6.95. The van der Waals surface area contributed by atoms with E-state index >= 15 is 0 Å². The van der Waals surface area contributed by atoms with Crippen molar-refractivity contribution in [2.24, 2.45) is 11.7 Å². The van der Waals surface area contributed by atoms with Crippen molar-refractivity contribution in [3.63, 3.8) is 0 Å². The van der Waals surface area contributed by atoms with Gasteiger partial charge in [0.05, 0.1) is 5.56 Å². The Kier molecular flexibility index (Phi) is 5.84. The second kappa shape index (κ2) is 8.28. The molecule has 3 N–H and O–H groups in total. The van der Waals surface area contributed by atoms with Gasteiger partial charge in [0.2, 0.25) is 0 Å². The predicted octanol–water partition coefficient (Wildman–Crippen LogP) is 2.95. The van der Waals surface area contributed by atoms with E-state index in [2.05, 4.69) is 29.2 Å². The third kappa shape index (κ3) is 4.91. The van der Waals surface area contributed by atoms with Gasteiger partial charge in [-0.15, -0.1) is 0 Å². The third-order valence-electron chi connectivity index (χ3n) is 4.93. The van der Waals surface area contributed by atoms with Crippen LogP contribution >= 0.6 is 0 Å². The molecule has 0 radical (unpaired) electrons. The monoisotopic (exact) mass is 338 g/mol. The molecule has 0 aliphatic carbocycles. The lowest BCUT2D eigenvalue weighted by atomic mass is 9.97. The number of carboxylic acid groups (broad SMARTS) is 1. The standard InChI is InChI=1S/C21H26N2O2/c22-10-8-16-4-6-17(7-5-16)14-23-11-9-19(15-23)12-18-2-1-3-20(13-18)21(24)25/h1-7,13,19H,8-12,14-15,22H2,(H,24,25). The van der Waals surface area contributed by atoms with Crippen LogP contribution in [0.2, 0.25) is 0 Å². The normalized spacial score (nSPS) is 17.7. The average molecular weight is 338 g/mol. The second-order valence-corrected chi connectivity index (χ2v) is 6.95. The average Bonchev–Trinajstić information content (AvgIpc) is 3.04. The summed E-state index contributed by atoms with van der Waals surface area (Å²) in [7, 11) is 0. The molecule has 0 spiro atoms. The first kappa shape index (κ1) is 17.6. The van der Waals surface area contributed by atoms with Crippen molar-refractivity contribution in [3.8, 4) is 0 Å². The van der Waals surface area contributed by atoms with Gasteiger partial charge in [-0.2, -0.15) is 0 Å². The highest BCUT2D eigenvalue weighted by Crippen LogP contribution is 2.23. The molecule has 0 amide bonds. The molecule has 2 aromatic rings. The van der Waals surface area contributed by atoms with Crippen molar-refractivity contribution in [1.82, 2.24) is 4.90 Å². The summed E-state index contributed by atoms with van der Waals surface area (Å²) in [5.74, 6) is -0.256. The highest BCUT2D eigenvalue weighted by Gasteiger charge is 2.22. The lowest BCUT2D eigenvalue weighted by Crippen LogP contribution is -2.20. The van der Waals surface area contributed by atoms with Crippen LogP contribution in [0.1, 0.15) is 33.5 Å². The Morgan fingerprint density at radius 3 is 2.60 bits per heavy atom. The molecule has 1 aliphatic rings. The number of hydrogen-bond donors (Lipinski definition) is 2. The molecule has 25 heavy (non-hydrogen) atoms. The summed E-state index contributed by atoms with van der Waals surface area (Å²) in [5, 5.41) is 9.11. The van der Waals surface area contributed by atoms with Gasteiger partial charge in [-0.25, -0.2) is 4.79 Å². The number of rotatable bonds is 7. The molecule has 4 heteroatoms. The van der Waals surface area contributed by atoms with Gasteiger partial charge in [0.25, 0.3) is 0 Å². The Morgan fingerprint density at radius 1 is 1.12 bits per heavy atom. The van der Waals surface area contributed by atoms with Gasteiger partial charge in [0, 0.05) is 13.1 Å². The van der Waals surface area contributed by atoms with Crippen LogP contribution in [0.3, 0.4) is 0 Å². The van der Waals surface area contributed by atoms with Gasteiger partial charge >= 0.3 is 5.97 Å². The molecule has 4 nitrogen and oxygen atoms in total. The van der Waals surface area contributed by atoms with Gasteiger partial charge in [0.1, 0.15) is 0 Å². The lowest BCUT2D eigenvalue weighted by Gasteiger charge is -2.16. The van der Waals surface area contributed by atoms with E-state index in [9.17, 15) is 4.79 Å². The number of carbonyl (C=O) groups is 1. The Labute approximate surface area is 149 Å². The molecule has 1 saturated heterocycles. The summed E-state index contributed by atoms with van der Waals surface area (Å²) in [6.45, 7) is 3.85. The smallest absolute Gasteiger partial charge is 0.335 e. The van der Waals surface area contributed by atoms with E-state index in [1.165, 1.54) is 17.5 Å². The van der Waals surface area contributed by atoms with Gasteiger partial charge in [-0.3, -0.25) is 4.90 Å². The van der Waals surface area contributed by atoms with Gasteiger partial charge in [-0.05, 0) is 67.1 Å². The van der Waals surface area contributed by atoms with Crippen molar-refractivity contribution >= 4 is 5.97 Å². The molecule has 3 rings (SSSR count). The van der Waals surface area contributed by atoms with E-state index in [0.29, 0.717) is 18.0 Å². The van der Waals surface area contributed by atoms with Crippen LogP contribution in [-0.2, 0) is 19.4 Å². The molecule has 1 heterocycles. The van der Waals surface area contributed by atoms with Crippen LogP contribution in [-0.4, -0.2) is 35.6 Å². The fraction of sp³-hybridized carbons (Fsp3) is 0.381. The summed E-state index contributed by atoms with van der Waals surface area (Å²) in [6, 6.07) is 16.1. The Hall–Kier alpha value is -2.17. The van der Waals surface area contributed by atoms with Gasteiger partial charge < -0.3 is 10.8 Å². The first-order valence-electron chi connectivity index (χ1n) is 8.96. The molecule has 0 bridgehead atoms. The maximum atomic E-state index is 11.1. The minimum atomic E-state index is -0.854. The van der Waals surface area contributed by atoms with Crippen LogP contribution in [0.25, 0.3) is 0 Å². The van der Waals surface area contributed by atoms with E-state index < -0.39 is 5.97 Å². The zero-order valence-corrected chi connectivity index (χ0v) is 14.5. The van der Waals surface area contributed by atoms with E-state index in [-0.39, 0.29) is 0 Å². The summed E-state index contributed by atoms with van der Waals surface area (Å²) in [6.07, 6.45) is 3.05. The quantitative estimate of drug-likeness (QED) is 0.814. The maximum absolute atomic E-state index is 11.1. The van der Waals surface area contributed by atoms with E-state index in [4.69, 9.17) is 10.8 Å². The zero-order chi connectivity index (χ0) is 17.6. The minimum Gasteiger partial charge on any atom is -0.478 e. The number of carboxylic acids is 1. The SMILES string of the molecule is NCCc1ccc(CN2CCC(Cc3cccc(C(=O)O)c3)C2)cc1. The van der Waals surface area contributed by atoms with E-state index in [0.717, 1.165) is 38.0 Å². The molecular weight excluding hydrogens is 312 g/mol. The van der Waals surface area contributed by atoms with Crippen LogP contribution in [0.5, 0.6) is 0 Å². The Balaban J connectivity index is 1.53. The number of nitrogens with two attached hydrogens (primary N) is 1. The highest BCUT2D eigenvalue weighted by atomic mass is 16.4. The maximum Gasteiger partial charge on any atom is 0.335 e. The van der Waals surface area contributed by atoms with Crippen molar-refractivity contribution in [3.05, 3.63) is 70.8 Å². The first-order valence-corrected chi connectivity index (χ1v) is 8.96. The molecule has 1 aliphatic heterocycles. The third-order valence-corrected chi connectivity index (χ3v) is 4.93. The molecule has 2 aromatic carbocycles. The number of likely N-dealkylation sites (tertiary alicyclic amines) is 1. The molecule has 1 atom stereocenters. The van der Waals surface area contributed by atoms with Crippen molar-refractivity contribution in [2.45, 2.75) is 25.8 Å². The molecule has 0 saturated carbocycles. The lowest BCUT2D eigenvalue weighted by molar-refractivity contribution is 0.0696. The van der Waals surface area contributed by atoms with Crippen LogP contribution < -0.4 is 5.73 Å². The van der Waals surface area contributed by atoms with Crippen LogP contribution in [0, 0.1) is 5.92 Å². The fourth-order valence-corrected chi connectivity index (χ4v) is 3.62. The Morgan fingerprint density at radius 2 is 1.88 bits per heavy atom. The number of nitrogens with zero attached hydrogens (tertiary/aromatic N) is 1. The first-order chi connectivity index (χ1) is 12.1. The van der Waals surface area contributed by atoms with E-state index in [1.54, 1.807) is 12.1 Å². The number of hydrogen-bond acceptors (Lipinski definition) is 3. The fourth-order valence-electron chi connectivity index (χ4n) is 3.62. The van der Waals surface area contributed by atoms with Crippen LogP contribution in [0.15, 0.2) is 48.5 Å². The topological polar surface area (TPSA) is 66.6 Å². The highest BCUT2D eigenvalue weighted by molar-refractivity contribution is 5.87. The minimum absolute atomic E-state index is 0.380. The van der Waals surface area contributed by atoms with Crippen molar-refractivity contribution in [2.75, 3.05) is 19.6 Å². The van der Waals surface area contributed by atoms with Gasteiger partial charge in [-0.1, -0.05) is 36.4 Å². The van der Waals surface area contributed by atoms with Crippen LogP contribution in [0.4, 0.5) is 0 Å². The van der Waals surface area contributed by atoms with E-state index in [1.807, 2.05) is 12.1 Å². The van der Waals surface area contributed by atoms with Crippen molar-refractivity contribution in [1.29, 1.82) is 0 Å². The molecule has 1 unspecified atom stereocenters.